The van der Waals surface area contributed by atoms with Crippen LogP contribution in [0.3, 0.4) is 0 Å². The molecular formula is C12H17Cl2NO4RuS. The Hall–Kier alpha value is -0.0366. The number of methoxy groups -OCH3 is 1. The second-order valence-electron chi connectivity index (χ2n) is 4.14. The van der Waals surface area contributed by atoms with Crippen LogP contribution in [0.5, 0.6) is 5.75 Å². The van der Waals surface area contributed by atoms with Gasteiger partial charge >= 0.3 is 139 Å². The molecule has 0 amide bonds. The third kappa shape index (κ3) is 5.58. The van der Waals surface area contributed by atoms with E-state index in [0.717, 1.165) is 4.31 Å². The third-order valence-electron chi connectivity index (χ3n) is 2.49. The average Bonchev–Trinajstić information content (AvgIpc) is 2.39. The van der Waals surface area contributed by atoms with Crippen molar-refractivity contribution in [2.24, 2.45) is 0 Å². The van der Waals surface area contributed by atoms with Crippen molar-refractivity contribution < 1.29 is 31.4 Å². The van der Waals surface area contributed by atoms with Crippen molar-refractivity contribution in [3.8, 4) is 5.75 Å². The summed E-state index contributed by atoms with van der Waals surface area (Å²) >= 11 is -2.11. The van der Waals surface area contributed by atoms with Crippen LogP contribution in [0.25, 0.3) is 0 Å². The van der Waals surface area contributed by atoms with Crippen molar-refractivity contribution >= 4 is 34.0 Å². The molecule has 0 N–H and O–H groups in total. The molecule has 1 aromatic carbocycles. The van der Waals surface area contributed by atoms with E-state index in [1.54, 1.807) is 17.8 Å². The van der Waals surface area contributed by atoms with Crippen molar-refractivity contribution in [2.75, 3.05) is 34.4 Å². The molecule has 122 valence electrons. The zero-order valence-corrected chi connectivity index (χ0v) is 15.9. The monoisotopic (exact) mass is 443 g/mol. The second kappa shape index (κ2) is 8.56. The van der Waals surface area contributed by atoms with Crippen LogP contribution in [0.2, 0.25) is 0 Å². The van der Waals surface area contributed by atoms with Gasteiger partial charge in [-0.15, -0.1) is 0 Å². The molecule has 1 aromatic rings. The first kappa shape index (κ1) is 19.0. The van der Waals surface area contributed by atoms with Gasteiger partial charge in [0.25, 0.3) is 0 Å². The van der Waals surface area contributed by atoms with Crippen molar-refractivity contribution in [3.63, 3.8) is 0 Å². The molecule has 0 saturated heterocycles. The van der Waals surface area contributed by atoms with E-state index in [1.165, 1.54) is 26.2 Å². The van der Waals surface area contributed by atoms with Gasteiger partial charge in [0.1, 0.15) is 0 Å². The van der Waals surface area contributed by atoms with Crippen LogP contribution in [-0.4, -0.2) is 51.8 Å². The average molecular weight is 443 g/mol. The molecule has 0 fully saturated rings. The number of sulfonamides is 1. The summed E-state index contributed by atoms with van der Waals surface area (Å²) in [7, 11) is 12.8. The van der Waals surface area contributed by atoms with E-state index < -0.39 is 23.5 Å². The number of nitrogens with zero attached hydrogens (tertiary/aromatic N) is 1. The van der Waals surface area contributed by atoms with E-state index in [9.17, 15) is 8.42 Å². The molecule has 1 rings (SSSR count). The van der Waals surface area contributed by atoms with Gasteiger partial charge in [-0.1, -0.05) is 0 Å². The normalized spacial score (nSPS) is 12.4. The van der Waals surface area contributed by atoms with Crippen LogP contribution in [0, 0.1) is 0 Å². The standard InChI is InChI=1S/C12H17NO4S.2ClH.Ru/c1-10-9-11(18(14,15)13(2)3)5-6-12(10)17-8-7-16-4;;;/h1,5-6,9H,7-8H2,2-4H3;2*1H;/q;;;+2/p-2. The van der Waals surface area contributed by atoms with Crippen LogP contribution < -0.4 is 4.74 Å². The van der Waals surface area contributed by atoms with Gasteiger partial charge in [-0.25, -0.2) is 0 Å². The Kier molecular flexibility index (Phi) is 7.75. The summed E-state index contributed by atoms with van der Waals surface area (Å²) in [4.78, 5) is 0.168. The molecule has 0 unspecified atom stereocenters. The van der Waals surface area contributed by atoms with Gasteiger partial charge in [-0.2, -0.15) is 0 Å². The molecule has 0 aliphatic carbocycles. The summed E-state index contributed by atoms with van der Waals surface area (Å²) < 4.78 is 37.5. The zero-order valence-electron chi connectivity index (χ0n) is 11.8. The number of rotatable bonds is 7. The molecule has 0 aliphatic heterocycles. The molecule has 5 nitrogen and oxygen atoms in total. The molecule has 0 saturated carbocycles. The van der Waals surface area contributed by atoms with Gasteiger partial charge in [0.2, 0.25) is 0 Å². The molecule has 0 atom stereocenters. The SMILES string of the molecule is COCCOc1ccc(S(=O)(=O)N(C)C)cc1[CH]=[Ru]([Cl])[Cl]. The first-order valence-electron chi connectivity index (χ1n) is 5.80. The summed E-state index contributed by atoms with van der Waals surface area (Å²) in [6, 6.07) is 4.61. The molecule has 0 aliphatic rings. The first-order valence-corrected chi connectivity index (χ1v) is 12.7. The topological polar surface area (TPSA) is 55.8 Å². The maximum absolute atomic E-state index is 12.1. The Morgan fingerprint density at radius 2 is 1.95 bits per heavy atom. The van der Waals surface area contributed by atoms with E-state index in [4.69, 9.17) is 28.9 Å². The Morgan fingerprint density at radius 3 is 2.48 bits per heavy atom. The third-order valence-corrected chi connectivity index (χ3v) is 6.14. The van der Waals surface area contributed by atoms with Gasteiger partial charge < -0.3 is 0 Å². The molecule has 0 bridgehead atoms. The fourth-order valence-electron chi connectivity index (χ4n) is 1.43. The Balaban J connectivity index is 3.22. The van der Waals surface area contributed by atoms with Gasteiger partial charge in [0, 0.05) is 0 Å². The predicted octanol–water partition coefficient (Wildman–Crippen LogP) is 2.04. The quantitative estimate of drug-likeness (QED) is 0.478. The molecular weight excluding hydrogens is 426 g/mol. The van der Waals surface area contributed by atoms with Crippen LogP contribution in [0.15, 0.2) is 23.1 Å². The van der Waals surface area contributed by atoms with Gasteiger partial charge in [0.05, 0.1) is 0 Å². The Labute approximate surface area is 138 Å². The van der Waals surface area contributed by atoms with E-state index in [2.05, 4.69) is 0 Å². The second-order valence-corrected chi connectivity index (χ2v) is 12.0. The zero-order chi connectivity index (χ0) is 16.0. The molecule has 21 heavy (non-hydrogen) atoms. The molecule has 9 heteroatoms. The molecule has 0 aromatic heterocycles. The summed E-state index contributed by atoms with van der Waals surface area (Å²) in [6.45, 7) is 0.786. The summed E-state index contributed by atoms with van der Waals surface area (Å²) in [5.41, 5.74) is 0.581. The van der Waals surface area contributed by atoms with Crippen molar-refractivity contribution in [3.05, 3.63) is 23.8 Å². The predicted molar refractivity (Wildman–Crippen MR) is 81.6 cm³/mol. The molecule has 0 heterocycles. The van der Waals surface area contributed by atoms with Crippen molar-refractivity contribution in [1.29, 1.82) is 0 Å². The Morgan fingerprint density at radius 1 is 1.29 bits per heavy atom. The number of benzene rings is 1. The van der Waals surface area contributed by atoms with Gasteiger partial charge in [0.15, 0.2) is 0 Å². The minimum atomic E-state index is -3.51. The Bertz CT molecular complexity index is 616. The van der Waals surface area contributed by atoms with Crippen molar-refractivity contribution in [1.82, 2.24) is 4.31 Å². The fourth-order valence-corrected chi connectivity index (χ4v) is 4.15. The van der Waals surface area contributed by atoms with Crippen LogP contribution in [-0.2, 0) is 28.3 Å². The number of halogens is 2. The molecule has 0 radical (unpaired) electrons. The maximum atomic E-state index is 12.1. The summed E-state index contributed by atoms with van der Waals surface area (Å²) in [5.74, 6) is 0.532. The van der Waals surface area contributed by atoms with Crippen molar-refractivity contribution in [2.45, 2.75) is 4.90 Å². The summed E-state index contributed by atoms with van der Waals surface area (Å²) in [5, 5.41) is 0. The minimum absolute atomic E-state index is 0.168. The van der Waals surface area contributed by atoms with Gasteiger partial charge in [-0.05, 0) is 0 Å². The van der Waals surface area contributed by atoms with E-state index >= 15 is 0 Å². The van der Waals surface area contributed by atoms with E-state index in [0.29, 0.717) is 24.5 Å². The number of hydrogen-bond acceptors (Lipinski definition) is 4. The van der Waals surface area contributed by atoms with Crippen LogP contribution in [0.1, 0.15) is 5.56 Å². The molecule has 0 spiro atoms. The number of ether oxygens (including phenoxy) is 2. The fraction of sp³-hybridized carbons (Fsp3) is 0.417. The van der Waals surface area contributed by atoms with E-state index in [-0.39, 0.29) is 4.90 Å². The summed E-state index contributed by atoms with van der Waals surface area (Å²) in [6.07, 6.45) is 0. The van der Waals surface area contributed by atoms with Crippen LogP contribution in [0.4, 0.5) is 0 Å². The van der Waals surface area contributed by atoms with E-state index in [1.807, 2.05) is 0 Å². The van der Waals surface area contributed by atoms with Gasteiger partial charge in [-0.3, -0.25) is 0 Å². The number of hydrogen-bond donors (Lipinski definition) is 0. The first-order chi connectivity index (χ1) is 9.78. The van der Waals surface area contributed by atoms with Crippen LogP contribution >= 0.6 is 19.4 Å².